The maximum Gasteiger partial charge on any atom is 0.310 e. The number of unbranched alkanes of at least 4 members (excludes halogenated alkanes) is 3. The molecule has 0 aliphatic carbocycles. The summed E-state index contributed by atoms with van der Waals surface area (Å²) in [4.78, 5) is 1.90. The largest absolute Gasteiger partial charge is 0.623 e. The predicted octanol–water partition coefficient (Wildman–Crippen LogP) is 2.31. The number of nitrogens with one attached hydrogen (secondary N) is 1. The van der Waals surface area contributed by atoms with Crippen molar-refractivity contribution in [2.75, 3.05) is 26.0 Å². The molecule has 1 fully saturated rings. The van der Waals surface area contributed by atoms with Crippen molar-refractivity contribution in [3.63, 3.8) is 0 Å². The van der Waals surface area contributed by atoms with Crippen molar-refractivity contribution >= 4 is 26.3 Å². The first kappa shape index (κ1) is 21.3. The van der Waals surface area contributed by atoms with Crippen molar-refractivity contribution in [1.82, 2.24) is 25.1 Å². The van der Waals surface area contributed by atoms with Gasteiger partial charge in [0.1, 0.15) is 12.4 Å². The average Bonchev–Trinajstić information content (AvgIpc) is 3.38. The molecule has 3 rings (SSSR count). The van der Waals surface area contributed by atoms with E-state index in [1.54, 1.807) is 12.3 Å². The Morgan fingerprint density at radius 1 is 1.39 bits per heavy atom. The third kappa shape index (κ3) is 4.78. The third-order valence-corrected chi connectivity index (χ3v) is 8.07. The summed E-state index contributed by atoms with van der Waals surface area (Å²) in [5, 5.41) is 24.7. The molecule has 11 heteroatoms. The number of furan rings is 1. The molecular formula is C17H27N5O4S2. The molecule has 9 nitrogen and oxygen atoms in total. The van der Waals surface area contributed by atoms with Gasteiger partial charge in [-0.05, 0) is 36.9 Å². The Morgan fingerprint density at radius 2 is 2.21 bits per heavy atom. The summed E-state index contributed by atoms with van der Waals surface area (Å²) in [6, 6.07) is 3.62. The van der Waals surface area contributed by atoms with Gasteiger partial charge in [-0.1, -0.05) is 31.3 Å². The lowest BCUT2D eigenvalue weighted by Gasteiger charge is -2.39. The highest BCUT2D eigenvalue weighted by Crippen LogP contribution is 2.34. The van der Waals surface area contributed by atoms with Crippen molar-refractivity contribution in [1.29, 1.82) is 0 Å². The normalized spacial score (nSPS) is 23.5. The number of hydrogen-bond acceptors (Lipinski definition) is 9. The van der Waals surface area contributed by atoms with E-state index in [2.05, 4.69) is 22.4 Å². The van der Waals surface area contributed by atoms with Gasteiger partial charge >= 0.3 is 5.13 Å². The number of quaternary nitrogens is 1. The molecule has 0 radical (unpaired) electrons. The third-order valence-electron chi connectivity index (χ3n) is 4.78. The zero-order chi connectivity index (χ0) is 20.2. The SMILES string of the molecule is CCCCCCS(=O)(=O)c1nnc([N+]2([O-])CN(C)CC2NCc2ccco2)s1. The molecule has 0 aromatic carbocycles. The fourth-order valence-corrected chi connectivity index (χ4v) is 5.83. The van der Waals surface area contributed by atoms with Crippen LogP contribution in [-0.4, -0.2) is 55.7 Å². The van der Waals surface area contributed by atoms with Crippen molar-refractivity contribution in [2.45, 2.75) is 49.7 Å². The summed E-state index contributed by atoms with van der Waals surface area (Å²) in [6.45, 7) is 3.19. The van der Waals surface area contributed by atoms with Crippen LogP contribution in [0.15, 0.2) is 27.2 Å². The predicted molar refractivity (Wildman–Crippen MR) is 108 cm³/mol. The maximum atomic E-state index is 13.6. The minimum atomic E-state index is -3.51. The summed E-state index contributed by atoms with van der Waals surface area (Å²) in [7, 11) is -1.65. The van der Waals surface area contributed by atoms with Crippen LogP contribution < -0.4 is 9.96 Å². The fraction of sp³-hybridized carbons (Fsp3) is 0.647. The molecule has 2 atom stereocenters. The Morgan fingerprint density at radius 3 is 2.93 bits per heavy atom. The van der Waals surface area contributed by atoms with Crippen LogP contribution in [0.1, 0.15) is 38.4 Å². The van der Waals surface area contributed by atoms with Crippen LogP contribution in [0.25, 0.3) is 0 Å². The maximum absolute atomic E-state index is 13.6. The van der Waals surface area contributed by atoms with Crippen LogP contribution in [0, 0.1) is 5.21 Å². The molecule has 156 valence electrons. The lowest BCUT2D eigenvalue weighted by molar-refractivity contribution is 0.281. The van der Waals surface area contributed by atoms with Gasteiger partial charge in [0.05, 0.1) is 25.1 Å². The number of sulfone groups is 1. The van der Waals surface area contributed by atoms with Gasteiger partial charge in [-0.25, -0.2) is 8.42 Å². The first-order valence-electron chi connectivity index (χ1n) is 9.45. The van der Waals surface area contributed by atoms with Crippen molar-refractivity contribution < 1.29 is 12.8 Å². The van der Waals surface area contributed by atoms with Gasteiger partial charge in [-0.2, -0.15) is 0 Å². The molecule has 0 spiro atoms. The van der Waals surface area contributed by atoms with Gasteiger partial charge in [-0.3, -0.25) is 14.9 Å². The summed E-state index contributed by atoms with van der Waals surface area (Å²) in [6.07, 6.45) is 4.61. The van der Waals surface area contributed by atoms with E-state index in [9.17, 15) is 13.6 Å². The van der Waals surface area contributed by atoms with E-state index in [0.717, 1.165) is 36.4 Å². The minimum absolute atomic E-state index is 0.0422. The molecule has 2 unspecified atom stereocenters. The van der Waals surface area contributed by atoms with Gasteiger partial charge in [0.15, 0.2) is 6.17 Å². The smallest absolute Gasteiger partial charge is 0.310 e. The van der Waals surface area contributed by atoms with Gasteiger partial charge in [-0.15, -0.1) is 5.10 Å². The summed E-state index contributed by atoms with van der Waals surface area (Å²) in [5.74, 6) is 0.773. The van der Waals surface area contributed by atoms with Crippen LogP contribution in [0.5, 0.6) is 0 Å². The van der Waals surface area contributed by atoms with Gasteiger partial charge in [0.25, 0.3) is 0 Å². The molecule has 28 heavy (non-hydrogen) atoms. The monoisotopic (exact) mass is 429 g/mol. The lowest BCUT2D eigenvalue weighted by atomic mass is 10.2. The van der Waals surface area contributed by atoms with Gasteiger partial charge < -0.3 is 9.62 Å². The second-order valence-corrected chi connectivity index (χ2v) is 10.4. The number of aromatic nitrogens is 2. The summed E-state index contributed by atoms with van der Waals surface area (Å²) in [5.41, 5.74) is 0. The molecule has 1 saturated heterocycles. The Kier molecular flexibility index (Phi) is 6.84. The lowest BCUT2D eigenvalue weighted by Crippen LogP contribution is -2.55. The highest BCUT2D eigenvalue weighted by Gasteiger charge is 2.43. The first-order valence-corrected chi connectivity index (χ1v) is 11.9. The van der Waals surface area contributed by atoms with E-state index >= 15 is 0 Å². The summed E-state index contributed by atoms with van der Waals surface area (Å²) >= 11 is 0.888. The second kappa shape index (κ2) is 8.97. The van der Waals surface area contributed by atoms with Gasteiger partial charge in [0.2, 0.25) is 14.2 Å². The molecule has 1 aliphatic rings. The Hall–Kier alpha value is -1.37. The number of likely N-dealkylation sites (N-methyl/N-ethyl adjacent to an activating group) is 1. The molecule has 0 amide bonds. The quantitative estimate of drug-likeness (QED) is 0.348. The van der Waals surface area contributed by atoms with Crippen molar-refractivity contribution in [3.8, 4) is 0 Å². The molecule has 3 heterocycles. The van der Waals surface area contributed by atoms with E-state index in [1.807, 2.05) is 18.0 Å². The van der Waals surface area contributed by atoms with Crippen molar-refractivity contribution in [2.24, 2.45) is 0 Å². The van der Waals surface area contributed by atoms with Crippen LogP contribution in [0.3, 0.4) is 0 Å². The van der Waals surface area contributed by atoms with Crippen LogP contribution in [0.4, 0.5) is 5.13 Å². The van der Waals surface area contributed by atoms with E-state index in [0.29, 0.717) is 19.5 Å². The van der Waals surface area contributed by atoms with E-state index in [4.69, 9.17) is 4.42 Å². The Bertz CT molecular complexity index is 855. The van der Waals surface area contributed by atoms with Crippen molar-refractivity contribution in [3.05, 3.63) is 29.4 Å². The average molecular weight is 430 g/mol. The van der Waals surface area contributed by atoms with Crippen LogP contribution >= 0.6 is 11.3 Å². The topological polar surface area (TPSA) is 111 Å². The molecule has 2 aromatic heterocycles. The second-order valence-electron chi connectivity index (χ2n) is 7.18. The minimum Gasteiger partial charge on any atom is -0.623 e. The molecule has 2 aromatic rings. The molecule has 0 saturated carbocycles. The number of hydrogen-bond donors (Lipinski definition) is 1. The standard InChI is InChI=1S/C17H27N5O4S2/c1-3-4-5-6-10-28(24,25)17-20-19-16(27-17)22(23)13-21(2)12-15(22)18-11-14-8-7-9-26-14/h7-9,15,18H,3-6,10-13H2,1-2H3. The molecule has 1 aliphatic heterocycles. The molecular weight excluding hydrogens is 402 g/mol. The van der Waals surface area contributed by atoms with Gasteiger partial charge in [0, 0.05) is 0 Å². The number of hydroxylamine groups is 2. The van der Waals surface area contributed by atoms with Crippen LogP contribution in [0.2, 0.25) is 0 Å². The number of nitrogens with zero attached hydrogens (tertiary/aromatic N) is 4. The van der Waals surface area contributed by atoms with E-state index in [1.165, 1.54) is 0 Å². The Balaban J connectivity index is 1.72. The highest BCUT2D eigenvalue weighted by molar-refractivity contribution is 7.93. The number of rotatable bonds is 10. The first-order chi connectivity index (χ1) is 13.3. The Labute approximate surface area is 169 Å². The summed E-state index contributed by atoms with van der Waals surface area (Å²) < 4.78 is 29.5. The molecule has 0 bridgehead atoms. The fourth-order valence-electron chi connectivity index (χ4n) is 3.27. The molecule has 1 N–H and O–H groups in total. The zero-order valence-corrected chi connectivity index (χ0v) is 17.8. The van der Waals surface area contributed by atoms with Crippen LogP contribution in [-0.2, 0) is 16.4 Å². The van der Waals surface area contributed by atoms with E-state index in [-0.39, 0.29) is 21.9 Å². The zero-order valence-electron chi connectivity index (χ0n) is 16.2. The van der Waals surface area contributed by atoms with E-state index < -0.39 is 20.6 Å². The highest BCUT2D eigenvalue weighted by atomic mass is 32.2.